The third kappa shape index (κ3) is 3.58. The summed E-state index contributed by atoms with van der Waals surface area (Å²) in [7, 11) is 0. The molecule has 2 aliphatic heterocycles. The number of ether oxygens (including phenoxy) is 2. The average molecular weight is 355 g/mol. The summed E-state index contributed by atoms with van der Waals surface area (Å²) in [4.78, 5) is 14.8. The largest absolute Gasteiger partial charge is 0.486 e. The van der Waals surface area contributed by atoms with E-state index in [2.05, 4.69) is 29.2 Å². The Hall–Kier alpha value is -2.40. The molecule has 1 unspecified atom stereocenters. The van der Waals surface area contributed by atoms with Crippen molar-refractivity contribution >= 4 is 5.78 Å². The first-order valence-electron chi connectivity index (χ1n) is 9.10. The standard InChI is InChI=1S/C21H22FNO3/c22-18-13-21-20(25-10-11-26-21)12-17(18)19(24)7-9-23-8-6-16(14-23)15-4-2-1-3-5-15/h1-5,12-13,16H,6-11,14H2. The lowest BCUT2D eigenvalue weighted by Crippen LogP contribution is -2.24. The van der Waals surface area contributed by atoms with Gasteiger partial charge in [0, 0.05) is 25.6 Å². The Morgan fingerprint density at radius 1 is 1.12 bits per heavy atom. The van der Waals surface area contributed by atoms with E-state index < -0.39 is 5.82 Å². The number of rotatable bonds is 5. The highest BCUT2D eigenvalue weighted by Crippen LogP contribution is 2.33. The Morgan fingerprint density at radius 2 is 1.85 bits per heavy atom. The van der Waals surface area contributed by atoms with Crippen LogP contribution >= 0.6 is 0 Å². The maximum Gasteiger partial charge on any atom is 0.167 e. The van der Waals surface area contributed by atoms with Gasteiger partial charge in [-0.15, -0.1) is 0 Å². The zero-order chi connectivity index (χ0) is 17.9. The number of likely N-dealkylation sites (tertiary alicyclic amines) is 1. The Morgan fingerprint density at radius 3 is 2.62 bits per heavy atom. The molecule has 2 aliphatic rings. The van der Waals surface area contributed by atoms with Gasteiger partial charge in [-0.3, -0.25) is 4.79 Å². The molecule has 2 aromatic carbocycles. The van der Waals surface area contributed by atoms with Gasteiger partial charge >= 0.3 is 0 Å². The Labute approximate surface area is 152 Å². The van der Waals surface area contributed by atoms with Crippen LogP contribution in [0.15, 0.2) is 42.5 Å². The number of benzene rings is 2. The van der Waals surface area contributed by atoms with Gasteiger partial charge in [-0.05, 0) is 30.5 Å². The molecule has 0 aromatic heterocycles. The fourth-order valence-corrected chi connectivity index (χ4v) is 3.71. The topological polar surface area (TPSA) is 38.8 Å². The van der Waals surface area contributed by atoms with Crippen molar-refractivity contribution in [1.82, 2.24) is 4.90 Å². The quantitative estimate of drug-likeness (QED) is 0.768. The number of carbonyl (C=O) groups is 1. The first-order valence-corrected chi connectivity index (χ1v) is 9.10. The summed E-state index contributed by atoms with van der Waals surface area (Å²) in [5, 5.41) is 0. The fraction of sp³-hybridized carbons (Fsp3) is 0.381. The molecule has 5 heteroatoms. The van der Waals surface area contributed by atoms with Crippen molar-refractivity contribution in [2.75, 3.05) is 32.8 Å². The highest BCUT2D eigenvalue weighted by molar-refractivity contribution is 5.97. The molecule has 4 nitrogen and oxygen atoms in total. The average Bonchev–Trinajstić information content (AvgIpc) is 3.15. The summed E-state index contributed by atoms with van der Waals surface area (Å²) < 4.78 is 25.0. The van der Waals surface area contributed by atoms with Crippen LogP contribution < -0.4 is 9.47 Å². The molecule has 0 radical (unpaired) electrons. The Balaban J connectivity index is 1.36. The lowest BCUT2D eigenvalue weighted by Gasteiger charge is -2.19. The summed E-state index contributed by atoms with van der Waals surface area (Å²) >= 11 is 0. The van der Waals surface area contributed by atoms with E-state index in [9.17, 15) is 9.18 Å². The van der Waals surface area contributed by atoms with Crippen LogP contribution in [-0.4, -0.2) is 43.5 Å². The van der Waals surface area contributed by atoms with E-state index in [0.717, 1.165) is 19.5 Å². The summed E-state index contributed by atoms with van der Waals surface area (Å²) in [6.45, 7) is 3.38. The minimum atomic E-state index is -0.539. The van der Waals surface area contributed by atoms with E-state index in [1.54, 1.807) is 0 Å². The molecule has 2 heterocycles. The summed E-state index contributed by atoms with van der Waals surface area (Å²) in [5.41, 5.74) is 1.44. The van der Waals surface area contributed by atoms with Gasteiger partial charge in [0.2, 0.25) is 0 Å². The van der Waals surface area contributed by atoms with Crippen LogP contribution in [0.4, 0.5) is 4.39 Å². The second-order valence-corrected chi connectivity index (χ2v) is 6.85. The van der Waals surface area contributed by atoms with Gasteiger partial charge in [-0.1, -0.05) is 30.3 Å². The van der Waals surface area contributed by atoms with Crippen LogP contribution in [0.2, 0.25) is 0 Å². The van der Waals surface area contributed by atoms with Gasteiger partial charge < -0.3 is 14.4 Å². The Kier molecular flexibility index (Phi) is 4.89. The molecule has 0 amide bonds. The van der Waals surface area contributed by atoms with E-state index in [-0.39, 0.29) is 11.3 Å². The number of ketones is 1. The van der Waals surface area contributed by atoms with E-state index in [1.807, 2.05) is 6.07 Å². The molecule has 2 aromatic rings. The lowest BCUT2D eigenvalue weighted by molar-refractivity contribution is 0.0963. The van der Waals surface area contributed by atoms with Gasteiger partial charge in [0.25, 0.3) is 0 Å². The molecule has 0 bridgehead atoms. The zero-order valence-corrected chi connectivity index (χ0v) is 14.6. The van der Waals surface area contributed by atoms with Crippen LogP contribution in [0.25, 0.3) is 0 Å². The van der Waals surface area contributed by atoms with Crippen LogP contribution in [0.3, 0.4) is 0 Å². The van der Waals surface area contributed by atoms with Crippen molar-refractivity contribution in [2.24, 2.45) is 0 Å². The molecule has 0 aliphatic carbocycles. The maximum absolute atomic E-state index is 14.2. The van der Waals surface area contributed by atoms with Crippen molar-refractivity contribution in [3.63, 3.8) is 0 Å². The molecule has 1 atom stereocenters. The lowest BCUT2D eigenvalue weighted by atomic mass is 9.99. The number of hydrogen-bond acceptors (Lipinski definition) is 4. The van der Waals surface area contributed by atoms with Crippen molar-refractivity contribution < 1.29 is 18.7 Å². The maximum atomic E-state index is 14.2. The van der Waals surface area contributed by atoms with Crippen LogP contribution in [-0.2, 0) is 0 Å². The van der Waals surface area contributed by atoms with E-state index in [0.29, 0.717) is 43.6 Å². The molecule has 0 N–H and O–H groups in total. The molecule has 0 saturated carbocycles. The third-order valence-electron chi connectivity index (χ3n) is 5.13. The molecule has 26 heavy (non-hydrogen) atoms. The molecule has 0 spiro atoms. The van der Waals surface area contributed by atoms with E-state index in [1.165, 1.54) is 17.7 Å². The number of hydrogen-bond donors (Lipinski definition) is 0. The Bertz CT molecular complexity index is 793. The van der Waals surface area contributed by atoms with Gasteiger partial charge in [-0.25, -0.2) is 4.39 Å². The number of nitrogens with zero attached hydrogens (tertiary/aromatic N) is 1. The van der Waals surface area contributed by atoms with Crippen LogP contribution in [0.1, 0.15) is 34.7 Å². The minimum Gasteiger partial charge on any atom is -0.486 e. The first-order chi connectivity index (χ1) is 12.7. The fourth-order valence-electron chi connectivity index (χ4n) is 3.71. The summed E-state index contributed by atoms with van der Waals surface area (Å²) in [5.74, 6) is 0.602. The second kappa shape index (κ2) is 7.46. The molecular weight excluding hydrogens is 333 g/mol. The smallest absolute Gasteiger partial charge is 0.167 e. The minimum absolute atomic E-state index is 0.0908. The molecule has 1 saturated heterocycles. The molecular formula is C21H22FNO3. The van der Waals surface area contributed by atoms with E-state index in [4.69, 9.17) is 9.47 Å². The normalized spacial score (nSPS) is 19.5. The number of carbonyl (C=O) groups excluding carboxylic acids is 1. The SMILES string of the molecule is O=C(CCN1CCC(c2ccccc2)C1)c1cc2c(cc1F)OCCO2. The van der Waals surface area contributed by atoms with Crippen molar-refractivity contribution in [3.05, 3.63) is 59.4 Å². The summed E-state index contributed by atoms with van der Waals surface area (Å²) in [6.07, 6.45) is 1.40. The van der Waals surface area contributed by atoms with E-state index >= 15 is 0 Å². The van der Waals surface area contributed by atoms with Crippen LogP contribution in [0.5, 0.6) is 11.5 Å². The predicted molar refractivity (Wildman–Crippen MR) is 96.6 cm³/mol. The van der Waals surface area contributed by atoms with Crippen molar-refractivity contribution in [2.45, 2.75) is 18.8 Å². The third-order valence-corrected chi connectivity index (χ3v) is 5.13. The monoisotopic (exact) mass is 355 g/mol. The van der Waals surface area contributed by atoms with Gasteiger partial charge in [0.15, 0.2) is 17.3 Å². The summed E-state index contributed by atoms with van der Waals surface area (Å²) in [6, 6.07) is 13.2. The highest BCUT2D eigenvalue weighted by atomic mass is 19.1. The number of halogens is 1. The molecule has 4 rings (SSSR count). The number of fused-ring (bicyclic) bond motifs is 1. The zero-order valence-electron chi connectivity index (χ0n) is 14.6. The van der Waals surface area contributed by atoms with Gasteiger partial charge in [-0.2, -0.15) is 0 Å². The van der Waals surface area contributed by atoms with Crippen molar-refractivity contribution in [1.29, 1.82) is 0 Å². The number of Topliss-reactive ketones (excluding diaryl/α,β-unsaturated/α-hetero) is 1. The van der Waals surface area contributed by atoms with Gasteiger partial charge in [0.1, 0.15) is 19.0 Å². The first kappa shape index (κ1) is 17.0. The predicted octanol–water partition coefficient (Wildman–Crippen LogP) is 3.66. The van der Waals surface area contributed by atoms with Crippen molar-refractivity contribution in [3.8, 4) is 11.5 Å². The van der Waals surface area contributed by atoms with Gasteiger partial charge in [0.05, 0.1) is 5.56 Å². The van der Waals surface area contributed by atoms with Crippen LogP contribution in [0, 0.1) is 5.82 Å². The molecule has 1 fully saturated rings. The second-order valence-electron chi connectivity index (χ2n) is 6.85. The highest BCUT2D eigenvalue weighted by Gasteiger charge is 2.25. The molecule has 136 valence electrons.